The third kappa shape index (κ3) is 3.60. The molecule has 2 aromatic heterocycles. The molecule has 1 aromatic carbocycles. The van der Waals surface area contributed by atoms with Crippen molar-refractivity contribution in [1.82, 2.24) is 0 Å². The topological polar surface area (TPSA) is 33.5 Å². The van der Waals surface area contributed by atoms with Crippen LogP contribution >= 0.6 is 11.3 Å². The summed E-state index contributed by atoms with van der Waals surface area (Å²) in [6, 6.07) is 12.1. The zero-order valence-electron chi connectivity index (χ0n) is 14.0. The molecule has 0 saturated heterocycles. The summed E-state index contributed by atoms with van der Waals surface area (Å²) < 4.78 is 5.55. The van der Waals surface area contributed by atoms with Gasteiger partial charge in [-0.3, -0.25) is 0 Å². The number of allylic oxidation sites excluding steroid dienone is 1. The van der Waals surface area contributed by atoms with Gasteiger partial charge in [-0.1, -0.05) is 12.1 Å². The van der Waals surface area contributed by atoms with Gasteiger partial charge in [-0.25, -0.2) is 4.79 Å². The molecule has 124 valence electrons. The molecule has 0 unspecified atom stereocenters. The van der Waals surface area contributed by atoms with Gasteiger partial charge >= 0.3 is 5.63 Å². The minimum Gasteiger partial charge on any atom is -0.422 e. The molecule has 4 heteroatoms. The molecular formula is C20H21NO2S. The minimum absolute atomic E-state index is 0.255. The van der Waals surface area contributed by atoms with Crippen LogP contribution in [0.15, 0.2) is 57.1 Å². The first-order chi connectivity index (χ1) is 11.7. The second kappa shape index (κ2) is 7.49. The molecule has 0 aliphatic rings. The van der Waals surface area contributed by atoms with Crippen LogP contribution in [-0.2, 0) is 6.42 Å². The van der Waals surface area contributed by atoms with E-state index in [1.807, 2.05) is 41.8 Å². The lowest BCUT2D eigenvalue weighted by Crippen LogP contribution is -2.21. The van der Waals surface area contributed by atoms with E-state index in [0.29, 0.717) is 17.6 Å². The summed E-state index contributed by atoms with van der Waals surface area (Å²) in [5.41, 5.74) is 2.16. The van der Waals surface area contributed by atoms with Crippen LogP contribution < -0.4 is 10.5 Å². The molecule has 3 aromatic rings. The van der Waals surface area contributed by atoms with Crippen molar-refractivity contribution < 1.29 is 4.42 Å². The molecule has 24 heavy (non-hydrogen) atoms. The molecule has 0 fully saturated rings. The summed E-state index contributed by atoms with van der Waals surface area (Å²) in [6.07, 6.45) is 4.62. The Bertz CT molecular complexity index is 890. The van der Waals surface area contributed by atoms with Gasteiger partial charge in [-0.15, -0.1) is 11.3 Å². The van der Waals surface area contributed by atoms with E-state index in [2.05, 4.69) is 30.9 Å². The van der Waals surface area contributed by atoms with Gasteiger partial charge in [0, 0.05) is 40.7 Å². The van der Waals surface area contributed by atoms with Gasteiger partial charge in [0.25, 0.3) is 0 Å². The summed E-state index contributed by atoms with van der Waals surface area (Å²) in [5.74, 6) is 0. The Hall–Kier alpha value is -2.33. The molecular weight excluding hydrogens is 318 g/mol. The van der Waals surface area contributed by atoms with Gasteiger partial charge in [0.1, 0.15) is 5.58 Å². The van der Waals surface area contributed by atoms with Crippen molar-refractivity contribution in [3.63, 3.8) is 0 Å². The van der Waals surface area contributed by atoms with Crippen LogP contribution in [-0.4, -0.2) is 13.1 Å². The predicted molar refractivity (Wildman–Crippen MR) is 103 cm³/mol. The summed E-state index contributed by atoms with van der Waals surface area (Å²) >= 11 is 1.68. The Morgan fingerprint density at radius 2 is 2.00 bits per heavy atom. The Balaban J connectivity index is 1.87. The minimum atomic E-state index is -0.255. The standard InChI is InChI=1S/C20H21NO2S/c1-3-21(4-2)17-11-10-15-13-16(20(22)23-19(15)14-17)7-5-8-18-9-6-12-24-18/h5-6,8-14H,3-4,7H2,1-2H3. The van der Waals surface area contributed by atoms with E-state index in [1.54, 1.807) is 11.3 Å². The number of fused-ring (bicyclic) bond motifs is 1. The van der Waals surface area contributed by atoms with Crippen LogP contribution in [0.5, 0.6) is 0 Å². The fourth-order valence-corrected chi connectivity index (χ4v) is 3.40. The lowest BCUT2D eigenvalue weighted by molar-refractivity contribution is 0.553. The molecule has 0 N–H and O–H groups in total. The monoisotopic (exact) mass is 339 g/mol. The average molecular weight is 339 g/mol. The molecule has 3 rings (SSSR count). The third-order valence-corrected chi connectivity index (χ3v) is 4.92. The highest BCUT2D eigenvalue weighted by atomic mass is 32.1. The molecule has 0 amide bonds. The van der Waals surface area contributed by atoms with E-state index in [9.17, 15) is 4.79 Å². The van der Waals surface area contributed by atoms with Crippen LogP contribution in [0.2, 0.25) is 0 Å². The number of benzene rings is 1. The second-order valence-corrected chi connectivity index (χ2v) is 6.55. The number of thiophene rings is 1. The average Bonchev–Trinajstić information content (AvgIpc) is 3.10. The fourth-order valence-electron chi connectivity index (χ4n) is 2.76. The highest BCUT2D eigenvalue weighted by Gasteiger charge is 2.07. The van der Waals surface area contributed by atoms with E-state index in [1.165, 1.54) is 4.88 Å². The van der Waals surface area contributed by atoms with E-state index in [-0.39, 0.29) is 5.63 Å². The Morgan fingerprint density at radius 1 is 1.17 bits per heavy atom. The van der Waals surface area contributed by atoms with E-state index in [0.717, 1.165) is 24.2 Å². The summed E-state index contributed by atoms with van der Waals surface area (Å²) in [7, 11) is 0. The highest BCUT2D eigenvalue weighted by Crippen LogP contribution is 2.22. The van der Waals surface area contributed by atoms with Gasteiger partial charge < -0.3 is 9.32 Å². The first-order valence-corrected chi connectivity index (χ1v) is 9.11. The highest BCUT2D eigenvalue weighted by molar-refractivity contribution is 7.10. The largest absolute Gasteiger partial charge is 0.422 e. The molecule has 0 aliphatic carbocycles. The van der Waals surface area contributed by atoms with Crippen molar-refractivity contribution in [3.8, 4) is 0 Å². The zero-order chi connectivity index (χ0) is 16.9. The van der Waals surface area contributed by atoms with Crippen LogP contribution in [0, 0.1) is 0 Å². The van der Waals surface area contributed by atoms with Crippen molar-refractivity contribution in [1.29, 1.82) is 0 Å². The number of hydrogen-bond acceptors (Lipinski definition) is 4. The van der Waals surface area contributed by atoms with Gasteiger partial charge in [0.05, 0.1) is 0 Å². The van der Waals surface area contributed by atoms with Crippen molar-refractivity contribution in [2.45, 2.75) is 20.3 Å². The molecule has 3 nitrogen and oxygen atoms in total. The molecule has 2 heterocycles. The molecule has 0 bridgehead atoms. The van der Waals surface area contributed by atoms with Gasteiger partial charge in [-0.05, 0) is 56.0 Å². The molecule has 0 aliphatic heterocycles. The summed E-state index contributed by atoms with van der Waals surface area (Å²) in [6.45, 7) is 6.09. The first kappa shape index (κ1) is 16.5. The number of nitrogens with zero attached hydrogens (tertiary/aromatic N) is 1. The van der Waals surface area contributed by atoms with Gasteiger partial charge in [-0.2, -0.15) is 0 Å². The van der Waals surface area contributed by atoms with Gasteiger partial charge in [0.2, 0.25) is 0 Å². The number of anilines is 1. The maximum atomic E-state index is 12.2. The van der Waals surface area contributed by atoms with Crippen LogP contribution in [0.3, 0.4) is 0 Å². The molecule has 0 radical (unpaired) electrons. The van der Waals surface area contributed by atoms with Crippen molar-refractivity contribution in [2.75, 3.05) is 18.0 Å². The Morgan fingerprint density at radius 3 is 2.71 bits per heavy atom. The molecule has 0 spiro atoms. The Kier molecular flexibility index (Phi) is 5.16. The fraction of sp³-hybridized carbons (Fsp3) is 0.250. The van der Waals surface area contributed by atoms with Crippen molar-refractivity contribution in [2.24, 2.45) is 0 Å². The van der Waals surface area contributed by atoms with E-state index in [4.69, 9.17) is 4.42 Å². The summed E-state index contributed by atoms with van der Waals surface area (Å²) in [5, 5.41) is 3.00. The normalized spacial score (nSPS) is 11.4. The second-order valence-electron chi connectivity index (χ2n) is 5.58. The molecule has 0 saturated carbocycles. The quantitative estimate of drug-likeness (QED) is 0.595. The van der Waals surface area contributed by atoms with Crippen LogP contribution in [0.4, 0.5) is 5.69 Å². The van der Waals surface area contributed by atoms with Gasteiger partial charge in [0.15, 0.2) is 0 Å². The van der Waals surface area contributed by atoms with Crippen molar-refractivity contribution >= 4 is 34.1 Å². The van der Waals surface area contributed by atoms with Crippen LogP contribution in [0.25, 0.3) is 17.0 Å². The lowest BCUT2D eigenvalue weighted by Gasteiger charge is -2.20. The maximum absolute atomic E-state index is 12.2. The Labute approximate surface area is 145 Å². The number of rotatable bonds is 6. The first-order valence-electron chi connectivity index (χ1n) is 8.23. The smallest absolute Gasteiger partial charge is 0.339 e. The van der Waals surface area contributed by atoms with Crippen molar-refractivity contribution in [3.05, 3.63) is 68.7 Å². The third-order valence-electron chi connectivity index (χ3n) is 4.08. The number of hydrogen-bond donors (Lipinski definition) is 0. The predicted octanol–water partition coefficient (Wildman–Crippen LogP) is 4.96. The van der Waals surface area contributed by atoms with E-state index < -0.39 is 0 Å². The lowest BCUT2D eigenvalue weighted by atomic mass is 10.1. The SMILES string of the molecule is CCN(CC)c1ccc2cc(CC=Cc3cccs3)c(=O)oc2c1. The summed E-state index contributed by atoms with van der Waals surface area (Å²) in [4.78, 5) is 15.7. The van der Waals surface area contributed by atoms with E-state index >= 15 is 0 Å². The van der Waals surface area contributed by atoms with Crippen LogP contribution in [0.1, 0.15) is 24.3 Å². The molecule has 0 atom stereocenters. The maximum Gasteiger partial charge on any atom is 0.339 e. The zero-order valence-corrected chi connectivity index (χ0v) is 14.8.